The van der Waals surface area contributed by atoms with Crippen molar-refractivity contribution in [2.24, 2.45) is 0 Å². The van der Waals surface area contributed by atoms with Gasteiger partial charge >= 0.3 is 0 Å². The average Bonchev–Trinajstić information content (AvgIpc) is 2.77. The van der Waals surface area contributed by atoms with Crippen LogP contribution in [0.1, 0.15) is 0 Å². The monoisotopic (exact) mass is 428 g/mol. The molecule has 0 saturated heterocycles. The highest BCUT2D eigenvalue weighted by atomic mass is 15.1. The molecular formula is C28H36N4. The molecule has 168 valence electrons. The van der Waals surface area contributed by atoms with Crippen LogP contribution in [0.4, 0.5) is 22.7 Å². The zero-order chi connectivity index (χ0) is 23.4. The van der Waals surface area contributed by atoms with Gasteiger partial charge in [0.1, 0.15) is 0 Å². The predicted octanol–water partition coefficient (Wildman–Crippen LogP) is 5.94. The fourth-order valence-electron chi connectivity index (χ4n) is 4.09. The fraction of sp³-hybridized carbons (Fsp3) is 0.286. The molecule has 4 aromatic carbocycles. The summed E-state index contributed by atoms with van der Waals surface area (Å²) in [6.07, 6.45) is 0. The van der Waals surface area contributed by atoms with Gasteiger partial charge in [0.05, 0.1) is 0 Å². The molecule has 32 heavy (non-hydrogen) atoms. The molecule has 0 unspecified atom stereocenters. The molecule has 4 rings (SSSR count). The second kappa shape index (κ2) is 9.82. The highest BCUT2D eigenvalue weighted by Gasteiger charge is 2.09. The Kier molecular flexibility index (Phi) is 7.14. The molecule has 4 aromatic rings. The topological polar surface area (TPSA) is 13.0 Å². The van der Waals surface area contributed by atoms with Gasteiger partial charge in [0.25, 0.3) is 0 Å². The summed E-state index contributed by atoms with van der Waals surface area (Å²) in [4.78, 5) is 8.65. The van der Waals surface area contributed by atoms with Gasteiger partial charge < -0.3 is 19.6 Å². The first-order valence-corrected chi connectivity index (χ1v) is 10.9. The van der Waals surface area contributed by atoms with E-state index in [1.165, 1.54) is 44.3 Å². The van der Waals surface area contributed by atoms with Crippen LogP contribution in [-0.4, -0.2) is 56.4 Å². The molecule has 0 bridgehead atoms. The van der Waals surface area contributed by atoms with Crippen LogP contribution in [0.5, 0.6) is 0 Å². The van der Waals surface area contributed by atoms with Crippen LogP contribution in [0, 0.1) is 0 Å². The van der Waals surface area contributed by atoms with E-state index in [2.05, 4.69) is 149 Å². The minimum Gasteiger partial charge on any atom is -0.377 e. The van der Waals surface area contributed by atoms with Crippen molar-refractivity contribution in [3.05, 3.63) is 72.8 Å². The van der Waals surface area contributed by atoms with E-state index in [0.29, 0.717) is 0 Å². The molecule has 0 heterocycles. The summed E-state index contributed by atoms with van der Waals surface area (Å²) >= 11 is 0. The lowest BCUT2D eigenvalue weighted by atomic mass is 10.1. The molecule has 0 radical (unpaired) electrons. The zero-order valence-corrected chi connectivity index (χ0v) is 20.7. The first kappa shape index (κ1) is 23.3. The molecule has 0 aliphatic rings. The standard InChI is InChI=1S/2C14H18N2/c2*1-15(2)12-9-5-7-11-8-6-10-13(14(11)12)16(3)4/h2*5-10H,1-4H3. The first-order chi connectivity index (χ1) is 15.2. The molecule has 0 aliphatic carbocycles. The van der Waals surface area contributed by atoms with E-state index in [0.717, 1.165) is 0 Å². The Morgan fingerprint density at radius 2 is 0.562 bits per heavy atom. The fourth-order valence-corrected chi connectivity index (χ4v) is 4.09. The molecule has 4 nitrogen and oxygen atoms in total. The summed E-state index contributed by atoms with van der Waals surface area (Å²) in [6, 6.07) is 25.7. The summed E-state index contributed by atoms with van der Waals surface area (Å²) in [5.74, 6) is 0. The van der Waals surface area contributed by atoms with Gasteiger partial charge in [0, 0.05) is 89.9 Å². The Labute approximate surface area is 193 Å². The van der Waals surface area contributed by atoms with Crippen molar-refractivity contribution < 1.29 is 0 Å². The maximum atomic E-state index is 2.16. The number of anilines is 4. The summed E-state index contributed by atoms with van der Waals surface area (Å²) in [5.41, 5.74) is 5.06. The van der Waals surface area contributed by atoms with E-state index in [4.69, 9.17) is 0 Å². The third kappa shape index (κ3) is 4.75. The van der Waals surface area contributed by atoms with Crippen LogP contribution in [0.3, 0.4) is 0 Å². The first-order valence-electron chi connectivity index (χ1n) is 10.9. The Balaban J connectivity index is 0.000000181. The normalized spacial score (nSPS) is 10.5. The third-order valence-electron chi connectivity index (χ3n) is 5.65. The van der Waals surface area contributed by atoms with Gasteiger partial charge in [0.15, 0.2) is 0 Å². The van der Waals surface area contributed by atoms with Gasteiger partial charge in [-0.05, 0) is 35.0 Å². The van der Waals surface area contributed by atoms with Gasteiger partial charge in [-0.1, -0.05) is 48.5 Å². The predicted molar refractivity (Wildman–Crippen MR) is 145 cm³/mol. The lowest BCUT2D eigenvalue weighted by molar-refractivity contribution is 1.12. The molecule has 0 saturated carbocycles. The highest BCUT2D eigenvalue weighted by Crippen LogP contribution is 2.34. The number of nitrogens with zero attached hydrogens (tertiary/aromatic N) is 4. The smallest absolute Gasteiger partial charge is 0.0461 e. The number of benzene rings is 4. The number of hydrogen-bond donors (Lipinski definition) is 0. The van der Waals surface area contributed by atoms with Gasteiger partial charge in [-0.2, -0.15) is 0 Å². The van der Waals surface area contributed by atoms with Crippen LogP contribution >= 0.6 is 0 Å². The van der Waals surface area contributed by atoms with Gasteiger partial charge in [0.2, 0.25) is 0 Å². The second-order valence-corrected chi connectivity index (χ2v) is 8.88. The SMILES string of the molecule is CN(C)c1cccc2cccc(N(C)C)c12.CN(C)c1cccc2cccc(N(C)C)c12. The minimum absolute atomic E-state index is 1.27. The number of hydrogen-bond acceptors (Lipinski definition) is 4. The maximum absolute atomic E-state index is 2.16. The second-order valence-electron chi connectivity index (χ2n) is 8.88. The molecule has 0 spiro atoms. The largest absolute Gasteiger partial charge is 0.377 e. The van der Waals surface area contributed by atoms with E-state index >= 15 is 0 Å². The van der Waals surface area contributed by atoms with Crippen LogP contribution in [-0.2, 0) is 0 Å². The molecule has 0 fully saturated rings. The van der Waals surface area contributed by atoms with E-state index in [-0.39, 0.29) is 0 Å². The van der Waals surface area contributed by atoms with Gasteiger partial charge in [-0.25, -0.2) is 0 Å². The Morgan fingerprint density at radius 1 is 0.344 bits per heavy atom. The lowest BCUT2D eigenvalue weighted by Gasteiger charge is -2.21. The summed E-state index contributed by atoms with van der Waals surface area (Å²) in [6.45, 7) is 0. The van der Waals surface area contributed by atoms with Crippen LogP contribution in [0.25, 0.3) is 21.5 Å². The Morgan fingerprint density at radius 3 is 0.750 bits per heavy atom. The van der Waals surface area contributed by atoms with Gasteiger partial charge in [-0.15, -0.1) is 0 Å². The van der Waals surface area contributed by atoms with Crippen molar-refractivity contribution >= 4 is 44.3 Å². The average molecular weight is 429 g/mol. The summed E-state index contributed by atoms with van der Waals surface area (Å²) in [7, 11) is 16.7. The number of fused-ring (bicyclic) bond motifs is 2. The van der Waals surface area contributed by atoms with E-state index in [9.17, 15) is 0 Å². The van der Waals surface area contributed by atoms with Crippen LogP contribution in [0.2, 0.25) is 0 Å². The van der Waals surface area contributed by atoms with Crippen molar-refractivity contribution in [1.29, 1.82) is 0 Å². The number of rotatable bonds is 4. The van der Waals surface area contributed by atoms with Crippen molar-refractivity contribution in [2.75, 3.05) is 76.0 Å². The van der Waals surface area contributed by atoms with E-state index in [1.54, 1.807) is 0 Å². The van der Waals surface area contributed by atoms with Crippen molar-refractivity contribution in [2.45, 2.75) is 0 Å². The van der Waals surface area contributed by atoms with E-state index in [1.807, 2.05) is 0 Å². The van der Waals surface area contributed by atoms with Crippen molar-refractivity contribution in [3.8, 4) is 0 Å². The lowest BCUT2D eigenvalue weighted by Crippen LogP contribution is -2.13. The maximum Gasteiger partial charge on any atom is 0.0461 e. The summed E-state index contributed by atoms with van der Waals surface area (Å²) < 4.78 is 0. The van der Waals surface area contributed by atoms with Crippen LogP contribution < -0.4 is 19.6 Å². The molecule has 0 amide bonds. The molecule has 0 aromatic heterocycles. The van der Waals surface area contributed by atoms with Crippen LogP contribution in [0.15, 0.2) is 72.8 Å². The third-order valence-corrected chi connectivity index (χ3v) is 5.65. The molecular weight excluding hydrogens is 392 g/mol. The highest BCUT2D eigenvalue weighted by molar-refractivity contribution is 6.04. The molecule has 4 heteroatoms. The van der Waals surface area contributed by atoms with E-state index < -0.39 is 0 Å². The summed E-state index contributed by atoms with van der Waals surface area (Å²) in [5, 5.41) is 5.22. The Hall–Kier alpha value is -3.40. The molecule has 0 atom stereocenters. The van der Waals surface area contributed by atoms with Gasteiger partial charge in [-0.3, -0.25) is 0 Å². The van der Waals surface area contributed by atoms with Crippen molar-refractivity contribution in [3.63, 3.8) is 0 Å². The minimum atomic E-state index is 1.27. The van der Waals surface area contributed by atoms with Crippen molar-refractivity contribution in [1.82, 2.24) is 0 Å². The Bertz CT molecular complexity index is 1010. The molecule has 0 N–H and O–H groups in total. The molecule has 0 aliphatic heterocycles. The zero-order valence-electron chi connectivity index (χ0n) is 20.7. The quantitative estimate of drug-likeness (QED) is 0.398.